The number of amides is 1. The smallest absolute Gasteiger partial charge is 0.236 e. The summed E-state index contributed by atoms with van der Waals surface area (Å²) in [7, 11) is 0. The van der Waals surface area contributed by atoms with Crippen LogP contribution in [0.25, 0.3) is 0 Å². The van der Waals surface area contributed by atoms with Gasteiger partial charge in [0, 0.05) is 5.02 Å². The van der Waals surface area contributed by atoms with Crippen molar-refractivity contribution in [3.8, 4) is 0 Å². The number of aryl methyl sites for hydroxylation is 1. The summed E-state index contributed by atoms with van der Waals surface area (Å²) in [6, 6.07) is 5.37. The molecule has 1 fully saturated rings. The van der Waals surface area contributed by atoms with Crippen LogP contribution in [0.1, 0.15) is 30.9 Å². The van der Waals surface area contributed by atoms with E-state index in [1.807, 2.05) is 13.0 Å². The largest absolute Gasteiger partial charge is 0.343 e. The van der Waals surface area contributed by atoms with E-state index < -0.39 is 11.5 Å². The van der Waals surface area contributed by atoms with Gasteiger partial charge in [0.25, 0.3) is 0 Å². The van der Waals surface area contributed by atoms with Crippen molar-refractivity contribution in [2.24, 2.45) is 0 Å². The molecule has 0 aromatic heterocycles. The number of halogens is 1. The molecule has 3 nitrogen and oxygen atoms in total. The van der Waals surface area contributed by atoms with Crippen molar-refractivity contribution in [2.45, 2.75) is 32.2 Å². The number of hydrogen-bond acceptors (Lipinski definition) is 2. The zero-order chi connectivity index (χ0) is 12.8. The molecule has 0 aliphatic carbocycles. The minimum atomic E-state index is -0.811. The van der Waals surface area contributed by atoms with E-state index >= 15 is 0 Å². The molecule has 1 unspecified atom stereocenters. The summed E-state index contributed by atoms with van der Waals surface area (Å²) in [5.74, 6) is -1.18. The Balaban J connectivity index is 2.51. The molecule has 1 saturated heterocycles. The van der Waals surface area contributed by atoms with E-state index in [0.29, 0.717) is 10.6 Å². The molecule has 1 heterocycles. The van der Waals surface area contributed by atoms with Crippen molar-refractivity contribution in [1.82, 2.24) is 5.32 Å². The first-order chi connectivity index (χ1) is 7.83. The van der Waals surface area contributed by atoms with E-state index in [1.54, 1.807) is 26.0 Å². The summed E-state index contributed by atoms with van der Waals surface area (Å²) in [5, 5.41) is 3.15. The van der Waals surface area contributed by atoms with E-state index in [9.17, 15) is 9.59 Å². The quantitative estimate of drug-likeness (QED) is 0.778. The molecule has 1 aromatic rings. The van der Waals surface area contributed by atoms with Crippen molar-refractivity contribution in [1.29, 1.82) is 0 Å². The van der Waals surface area contributed by atoms with Crippen molar-refractivity contribution >= 4 is 23.3 Å². The van der Waals surface area contributed by atoms with Crippen LogP contribution in [-0.4, -0.2) is 17.2 Å². The maximum atomic E-state index is 12.2. The van der Waals surface area contributed by atoms with E-state index in [0.717, 1.165) is 5.56 Å². The minimum Gasteiger partial charge on any atom is -0.343 e. The highest BCUT2D eigenvalue weighted by atomic mass is 35.5. The molecule has 0 radical (unpaired) electrons. The Bertz CT molecular complexity index is 508. The fourth-order valence-corrected chi connectivity index (χ4v) is 2.32. The lowest BCUT2D eigenvalue weighted by Crippen LogP contribution is -2.39. The molecular formula is C13H14ClNO2. The topological polar surface area (TPSA) is 46.2 Å². The van der Waals surface area contributed by atoms with Gasteiger partial charge in [-0.25, -0.2) is 0 Å². The molecule has 0 bridgehead atoms. The molecule has 1 aromatic carbocycles. The van der Waals surface area contributed by atoms with Crippen LogP contribution in [-0.2, 0) is 9.59 Å². The molecule has 1 aliphatic rings. The Hall–Kier alpha value is -1.35. The maximum absolute atomic E-state index is 12.2. The molecule has 1 N–H and O–H groups in total. The highest BCUT2D eigenvalue weighted by Gasteiger charge is 2.47. The Morgan fingerprint density at radius 3 is 2.47 bits per heavy atom. The van der Waals surface area contributed by atoms with E-state index in [4.69, 9.17) is 11.6 Å². The lowest BCUT2D eigenvalue weighted by atomic mass is 9.89. The van der Waals surface area contributed by atoms with Crippen LogP contribution in [0.5, 0.6) is 0 Å². The predicted octanol–water partition coefficient (Wildman–Crippen LogP) is 2.21. The van der Waals surface area contributed by atoms with Gasteiger partial charge in [0.05, 0.1) is 5.54 Å². The zero-order valence-electron chi connectivity index (χ0n) is 10.0. The molecule has 2 rings (SSSR count). The van der Waals surface area contributed by atoms with Gasteiger partial charge in [-0.15, -0.1) is 0 Å². The van der Waals surface area contributed by atoms with E-state index in [-0.39, 0.29) is 11.7 Å². The maximum Gasteiger partial charge on any atom is 0.236 e. The van der Waals surface area contributed by atoms with Crippen LogP contribution in [0.15, 0.2) is 18.2 Å². The fourth-order valence-electron chi connectivity index (χ4n) is 2.09. The average molecular weight is 252 g/mol. The zero-order valence-corrected chi connectivity index (χ0v) is 10.8. The molecule has 90 valence electrons. The van der Waals surface area contributed by atoms with Gasteiger partial charge in [-0.3, -0.25) is 9.59 Å². The minimum absolute atomic E-state index is 0.130. The van der Waals surface area contributed by atoms with Crippen molar-refractivity contribution in [3.63, 3.8) is 0 Å². The highest BCUT2D eigenvalue weighted by molar-refractivity contribution is 6.32. The number of Topliss-reactive ketones (excluding diaryl/α,β-unsaturated/α-hetero) is 1. The molecular weight excluding hydrogens is 238 g/mol. The van der Waals surface area contributed by atoms with Crippen molar-refractivity contribution < 1.29 is 9.59 Å². The first kappa shape index (κ1) is 12.1. The van der Waals surface area contributed by atoms with Gasteiger partial charge in [-0.05, 0) is 32.4 Å². The third kappa shape index (κ3) is 1.95. The summed E-state index contributed by atoms with van der Waals surface area (Å²) in [6.45, 7) is 5.32. The number of nitrogens with one attached hydrogen (secondary N) is 1. The van der Waals surface area contributed by atoms with E-state index in [2.05, 4.69) is 5.32 Å². The summed E-state index contributed by atoms with van der Waals surface area (Å²) < 4.78 is 0. The summed E-state index contributed by atoms with van der Waals surface area (Å²) in [6.07, 6.45) is 0. The normalized spacial score (nSPS) is 22.7. The summed E-state index contributed by atoms with van der Waals surface area (Å²) >= 11 is 6.07. The van der Waals surface area contributed by atoms with Crippen LogP contribution in [0, 0.1) is 6.92 Å². The van der Waals surface area contributed by atoms with Crippen LogP contribution in [0.3, 0.4) is 0 Å². The fraction of sp³-hybridized carbons (Fsp3) is 0.385. The molecule has 4 heteroatoms. The standard InChI is InChI=1S/C13H14ClNO2/c1-7-4-5-9(14)8(6-7)10-11(16)13(2,3)15-12(10)17/h4-6,10H,1-3H3,(H,15,17). The van der Waals surface area contributed by atoms with Gasteiger partial charge < -0.3 is 5.32 Å². The third-order valence-corrected chi connectivity index (χ3v) is 3.38. The van der Waals surface area contributed by atoms with Gasteiger partial charge >= 0.3 is 0 Å². The van der Waals surface area contributed by atoms with Gasteiger partial charge in [-0.1, -0.05) is 29.3 Å². The van der Waals surface area contributed by atoms with Crippen LogP contribution < -0.4 is 5.32 Å². The molecule has 0 spiro atoms. The van der Waals surface area contributed by atoms with Crippen LogP contribution in [0.2, 0.25) is 5.02 Å². The van der Waals surface area contributed by atoms with Gasteiger partial charge in [0.2, 0.25) is 5.91 Å². The summed E-state index contributed by atoms with van der Waals surface area (Å²) in [4.78, 5) is 24.0. The molecule has 1 atom stereocenters. The first-order valence-electron chi connectivity index (χ1n) is 5.45. The number of rotatable bonds is 1. The Morgan fingerprint density at radius 2 is 1.94 bits per heavy atom. The number of hydrogen-bond donors (Lipinski definition) is 1. The second-order valence-electron chi connectivity index (χ2n) is 4.94. The number of carbonyl (C=O) groups excluding carboxylic acids is 2. The molecule has 1 amide bonds. The molecule has 17 heavy (non-hydrogen) atoms. The lowest BCUT2D eigenvalue weighted by Gasteiger charge is -2.15. The monoisotopic (exact) mass is 251 g/mol. The number of carbonyl (C=O) groups is 2. The summed E-state index contributed by atoms with van der Waals surface area (Å²) in [5.41, 5.74) is 0.768. The Labute approximate surface area is 105 Å². The Morgan fingerprint density at radius 1 is 1.29 bits per heavy atom. The second-order valence-corrected chi connectivity index (χ2v) is 5.34. The van der Waals surface area contributed by atoms with Gasteiger partial charge in [0.15, 0.2) is 5.78 Å². The third-order valence-electron chi connectivity index (χ3n) is 3.04. The predicted molar refractivity (Wildman–Crippen MR) is 66.2 cm³/mol. The SMILES string of the molecule is Cc1ccc(Cl)c(C2C(=O)NC(C)(C)C2=O)c1. The van der Waals surface area contributed by atoms with Crippen LogP contribution in [0.4, 0.5) is 0 Å². The van der Waals surface area contributed by atoms with Gasteiger partial charge in [0.1, 0.15) is 5.92 Å². The van der Waals surface area contributed by atoms with E-state index in [1.165, 1.54) is 0 Å². The average Bonchev–Trinajstić information content (AvgIpc) is 2.41. The van der Waals surface area contributed by atoms with Crippen LogP contribution >= 0.6 is 11.6 Å². The number of ketones is 1. The van der Waals surface area contributed by atoms with Crippen molar-refractivity contribution in [2.75, 3.05) is 0 Å². The second kappa shape index (κ2) is 3.84. The lowest BCUT2D eigenvalue weighted by molar-refractivity contribution is -0.125. The molecule has 1 aliphatic heterocycles. The van der Waals surface area contributed by atoms with Crippen molar-refractivity contribution in [3.05, 3.63) is 34.3 Å². The molecule has 0 saturated carbocycles. The Kier molecular flexibility index (Phi) is 2.74. The highest BCUT2D eigenvalue weighted by Crippen LogP contribution is 2.33. The first-order valence-corrected chi connectivity index (χ1v) is 5.83. The van der Waals surface area contributed by atoms with Gasteiger partial charge in [-0.2, -0.15) is 0 Å². The number of benzene rings is 1.